The number of nitrogens with one attached hydrogen (secondary N) is 1. The molecule has 0 aliphatic rings. The zero-order chi connectivity index (χ0) is 17.7. The molecule has 1 heterocycles. The average molecular weight is 370 g/mol. The normalized spacial score (nSPS) is 11.2. The number of aliphatic hydroxyl groups excluding tert-OH is 1. The smallest absolute Gasteiger partial charge is 0.271 e. The highest BCUT2D eigenvalue weighted by Crippen LogP contribution is 2.25. The fraction of sp³-hybridized carbons (Fsp3) is 0.312. The van der Waals surface area contributed by atoms with Gasteiger partial charge in [0, 0.05) is 15.6 Å². The molecule has 0 bridgehead atoms. The Morgan fingerprint density at radius 1 is 1.25 bits per heavy atom. The van der Waals surface area contributed by atoms with Crippen molar-refractivity contribution >= 4 is 29.1 Å². The number of aliphatic hydroxyl groups is 1. The second-order valence-electron chi connectivity index (χ2n) is 5.72. The number of aromatic nitrogens is 2. The molecule has 0 saturated carbocycles. The van der Waals surface area contributed by atoms with Crippen LogP contribution in [0.15, 0.2) is 30.6 Å². The predicted molar refractivity (Wildman–Crippen MR) is 91.5 cm³/mol. The van der Waals surface area contributed by atoms with Gasteiger partial charge in [-0.3, -0.25) is 4.79 Å². The third-order valence-corrected chi connectivity index (χ3v) is 3.84. The molecule has 0 radical (unpaired) electrons. The van der Waals surface area contributed by atoms with E-state index in [1.807, 2.05) is 0 Å². The minimum atomic E-state index is -0.741. The first-order valence-corrected chi connectivity index (χ1v) is 7.89. The van der Waals surface area contributed by atoms with Gasteiger partial charge in [0.2, 0.25) is 5.88 Å². The van der Waals surface area contributed by atoms with Crippen molar-refractivity contribution < 1.29 is 14.6 Å². The van der Waals surface area contributed by atoms with Gasteiger partial charge >= 0.3 is 0 Å². The quantitative estimate of drug-likeness (QED) is 0.817. The summed E-state index contributed by atoms with van der Waals surface area (Å²) in [6.45, 7) is 3.34. The zero-order valence-corrected chi connectivity index (χ0v) is 14.7. The SMILES string of the molecule is CC(C)(CO)NC(=O)c1cnc(OCc2c(Cl)cccc2Cl)cn1. The summed E-state index contributed by atoms with van der Waals surface area (Å²) in [5.41, 5.74) is 0.0307. The number of hydrogen-bond acceptors (Lipinski definition) is 5. The first-order chi connectivity index (χ1) is 11.3. The number of rotatable bonds is 6. The van der Waals surface area contributed by atoms with Crippen molar-refractivity contribution in [2.45, 2.75) is 26.0 Å². The Bertz CT molecular complexity index is 701. The maximum Gasteiger partial charge on any atom is 0.271 e. The van der Waals surface area contributed by atoms with E-state index in [1.165, 1.54) is 12.4 Å². The summed E-state index contributed by atoms with van der Waals surface area (Å²) in [5, 5.41) is 12.8. The molecule has 1 amide bonds. The number of carbonyl (C=O) groups excluding carboxylic acids is 1. The Morgan fingerprint density at radius 2 is 1.92 bits per heavy atom. The largest absolute Gasteiger partial charge is 0.472 e. The lowest BCUT2D eigenvalue weighted by atomic mass is 10.1. The van der Waals surface area contributed by atoms with E-state index < -0.39 is 11.4 Å². The van der Waals surface area contributed by atoms with Crippen molar-refractivity contribution in [1.82, 2.24) is 15.3 Å². The molecular formula is C16H17Cl2N3O3. The van der Waals surface area contributed by atoms with Gasteiger partial charge in [-0.2, -0.15) is 0 Å². The van der Waals surface area contributed by atoms with Crippen molar-refractivity contribution in [2.75, 3.05) is 6.61 Å². The minimum Gasteiger partial charge on any atom is -0.472 e. The molecule has 6 nitrogen and oxygen atoms in total. The van der Waals surface area contributed by atoms with E-state index in [-0.39, 0.29) is 24.8 Å². The Balaban J connectivity index is 2.01. The van der Waals surface area contributed by atoms with Crippen LogP contribution in [0.2, 0.25) is 10.0 Å². The molecule has 0 atom stereocenters. The average Bonchev–Trinajstić information content (AvgIpc) is 2.54. The molecule has 2 rings (SSSR count). The maximum absolute atomic E-state index is 12.0. The number of amides is 1. The van der Waals surface area contributed by atoms with Crippen molar-refractivity contribution in [2.24, 2.45) is 0 Å². The minimum absolute atomic E-state index is 0.125. The number of halogens is 2. The van der Waals surface area contributed by atoms with E-state index >= 15 is 0 Å². The predicted octanol–water partition coefficient (Wildman–Crippen LogP) is 2.86. The van der Waals surface area contributed by atoms with Crippen molar-refractivity contribution in [3.8, 4) is 5.88 Å². The number of nitrogens with zero attached hydrogens (tertiary/aromatic N) is 2. The van der Waals surface area contributed by atoms with Crippen LogP contribution in [-0.4, -0.2) is 33.1 Å². The molecule has 0 spiro atoms. The molecule has 2 N–H and O–H groups in total. The third-order valence-electron chi connectivity index (χ3n) is 3.13. The van der Waals surface area contributed by atoms with Gasteiger partial charge < -0.3 is 15.2 Å². The standard InChI is InChI=1S/C16H17Cl2N3O3/c1-16(2,9-22)21-15(23)13-6-20-14(7-19-13)24-8-10-11(17)4-3-5-12(10)18/h3-7,22H,8-9H2,1-2H3,(H,21,23). The van der Waals surface area contributed by atoms with Gasteiger partial charge in [-0.25, -0.2) is 9.97 Å². The van der Waals surface area contributed by atoms with Crippen LogP contribution in [0.5, 0.6) is 5.88 Å². The molecule has 128 valence electrons. The lowest BCUT2D eigenvalue weighted by molar-refractivity contribution is 0.0863. The summed E-state index contributed by atoms with van der Waals surface area (Å²) in [7, 11) is 0. The van der Waals surface area contributed by atoms with Gasteiger partial charge in [0.1, 0.15) is 12.3 Å². The molecule has 1 aromatic carbocycles. The Hall–Kier alpha value is -1.89. The zero-order valence-electron chi connectivity index (χ0n) is 13.2. The number of ether oxygens (including phenoxy) is 1. The first-order valence-electron chi connectivity index (χ1n) is 7.13. The van der Waals surface area contributed by atoms with Crippen molar-refractivity contribution in [3.05, 3.63) is 51.9 Å². The van der Waals surface area contributed by atoms with Crippen LogP contribution >= 0.6 is 23.2 Å². The second kappa shape index (κ2) is 7.79. The first kappa shape index (κ1) is 18.4. The summed E-state index contributed by atoms with van der Waals surface area (Å²) >= 11 is 12.1. The van der Waals surface area contributed by atoms with Crippen LogP contribution in [0.25, 0.3) is 0 Å². The molecule has 8 heteroatoms. The van der Waals surface area contributed by atoms with Crippen LogP contribution in [0.1, 0.15) is 29.9 Å². The third kappa shape index (κ3) is 4.80. The Labute approximate surface area is 149 Å². The van der Waals surface area contributed by atoms with Crippen LogP contribution in [0.3, 0.4) is 0 Å². The topological polar surface area (TPSA) is 84.3 Å². The summed E-state index contributed by atoms with van der Waals surface area (Å²) in [6.07, 6.45) is 2.64. The summed E-state index contributed by atoms with van der Waals surface area (Å²) in [6, 6.07) is 5.18. The number of carbonyl (C=O) groups is 1. The van der Waals surface area contributed by atoms with E-state index in [1.54, 1.807) is 32.0 Å². The highest BCUT2D eigenvalue weighted by atomic mass is 35.5. The molecule has 0 aliphatic carbocycles. The second-order valence-corrected chi connectivity index (χ2v) is 6.54. The van der Waals surface area contributed by atoms with Gasteiger partial charge in [0.05, 0.1) is 24.5 Å². The number of hydrogen-bond donors (Lipinski definition) is 2. The summed E-state index contributed by atoms with van der Waals surface area (Å²) < 4.78 is 5.50. The summed E-state index contributed by atoms with van der Waals surface area (Å²) in [5.74, 6) is -0.189. The van der Waals surface area contributed by atoms with E-state index in [0.29, 0.717) is 15.6 Å². The highest BCUT2D eigenvalue weighted by molar-refractivity contribution is 6.35. The van der Waals surface area contributed by atoms with Crippen molar-refractivity contribution in [3.63, 3.8) is 0 Å². The van der Waals surface area contributed by atoms with Gasteiger partial charge in [-0.1, -0.05) is 29.3 Å². The molecule has 2 aromatic rings. The molecule has 24 heavy (non-hydrogen) atoms. The summed E-state index contributed by atoms with van der Waals surface area (Å²) in [4.78, 5) is 20.0. The van der Waals surface area contributed by atoms with Crippen LogP contribution in [0.4, 0.5) is 0 Å². The fourth-order valence-corrected chi connectivity index (χ4v) is 2.24. The van der Waals surface area contributed by atoms with Crippen LogP contribution in [0, 0.1) is 0 Å². The monoisotopic (exact) mass is 369 g/mol. The molecule has 0 saturated heterocycles. The lowest BCUT2D eigenvalue weighted by Gasteiger charge is -2.22. The van der Waals surface area contributed by atoms with E-state index in [9.17, 15) is 4.79 Å². The van der Waals surface area contributed by atoms with Gasteiger partial charge in [-0.05, 0) is 26.0 Å². The maximum atomic E-state index is 12.0. The van der Waals surface area contributed by atoms with E-state index in [4.69, 9.17) is 33.0 Å². The van der Waals surface area contributed by atoms with Gasteiger partial charge in [-0.15, -0.1) is 0 Å². The highest BCUT2D eigenvalue weighted by Gasteiger charge is 2.21. The fourth-order valence-electron chi connectivity index (χ4n) is 1.74. The van der Waals surface area contributed by atoms with Crippen LogP contribution < -0.4 is 10.1 Å². The van der Waals surface area contributed by atoms with Gasteiger partial charge in [0.25, 0.3) is 5.91 Å². The Morgan fingerprint density at radius 3 is 2.46 bits per heavy atom. The number of benzene rings is 1. The van der Waals surface area contributed by atoms with E-state index in [2.05, 4.69) is 15.3 Å². The molecule has 0 aliphatic heterocycles. The molecule has 0 fully saturated rings. The van der Waals surface area contributed by atoms with Crippen LogP contribution in [-0.2, 0) is 6.61 Å². The Kier molecular flexibility index (Phi) is 5.99. The van der Waals surface area contributed by atoms with Crippen molar-refractivity contribution in [1.29, 1.82) is 0 Å². The van der Waals surface area contributed by atoms with Gasteiger partial charge in [0.15, 0.2) is 0 Å². The lowest BCUT2D eigenvalue weighted by Crippen LogP contribution is -2.46. The van der Waals surface area contributed by atoms with E-state index in [0.717, 1.165) is 0 Å². The molecule has 1 aromatic heterocycles. The molecule has 0 unspecified atom stereocenters. The molecular weight excluding hydrogens is 353 g/mol.